The minimum absolute atomic E-state index is 0.0907. The molecule has 0 bridgehead atoms. The molecule has 3 heterocycles. The van der Waals surface area contributed by atoms with Gasteiger partial charge in [-0.1, -0.05) is 17.7 Å². The molecule has 5 nitrogen and oxygen atoms in total. The van der Waals surface area contributed by atoms with Crippen LogP contribution in [0.3, 0.4) is 0 Å². The van der Waals surface area contributed by atoms with Gasteiger partial charge in [-0.15, -0.1) is 0 Å². The number of hydrogen-bond donors (Lipinski definition) is 1. The highest BCUT2D eigenvalue weighted by Crippen LogP contribution is 2.28. The molecule has 0 radical (unpaired) electrons. The number of pyridine rings is 1. The van der Waals surface area contributed by atoms with Crippen LogP contribution in [0.1, 0.15) is 30.2 Å². The van der Waals surface area contributed by atoms with Crippen molar-refractivity contribution in [3.63, 3.8) is 0 Å². The fourth-order valence-electron chi connectivity index (χ4n) is 3.48. The van der Waals surface area contributed by atoms with Gasteiger partial charge in [0.1, 0.15) is 6.10 Å². The molecule has 0 saturated carbocycles. The summed E-state index contributed by atoms with van der Waals surface area (Å²) in [5, 5.41) is 5.48. The van der Waals surface area contributed by atoms with Crippen LogP contribution in [-0.4, -0.2) is 27.2 Å². The van der Waals surface area contributed by atoms with Crippen molar-refractivity contribution in [2.45, 2.75) is 31.5 Å². The summed E-state index contributed by atoms with van der Waals surface area (Å²) in [4.78, 5) is 8.72. The standard InChI is InChI=1S/C19H21ClN4O/c1-24-12-21-11-17(24)18-9-16(4-6-25-18)23-10-14-8-15(20)7-13-3-2-5-22-19(13)14/h2-3,5,7-8,11-12,16,18,23H,4,6,9-10H2,1H3/t16-,18-/m1/s1. The summed E-state index contributed by atoms with van der Waals surface area (Å²) < 4.78 is 7.97. The third kappa shape index (κ3) is 3.54. The molecular formula is C19H21ClN4O. The molecule has 0 spiro atoms. The van der Waals surface area contributed by atoms with Gasteiger partial charge in [-0.05, 0) is 36.6 Å². The average Bonchev–Trinajstić information content (AvgIpc) is 3.06. The number of nitrogens with one attached hydrogen (secondary N) is 1. The van der Waals surface area contributed by atoms with Gasteiger partial charge in [0.25, 0.3) is 0 Å². The maximum Gasteiger partial charge on any atom is 0.100 e. The van der Waals surface area contributed by atoms with Gasteiger partial charge in [0.15, 0.2) is 0 Å². The summed E-state index contributed by atoms with van der Waals surface area (Å²) in [5.41, 5.74) is 3.27. The molecule has 3 aromatic rings. The first-order valence-corrected chi connectivity index (χ1v) is 8.93. The third-order valence-corrected chi connectivity index (χ3v) is 5.02. The van der Waals surface area contributed by atoms with Crippen molar-refractivity contribution >= 4 is 22.5 Å². The molecule has 1 saturated heterocycles. The molecule has 2 aromatic heterocycles. The molecule has 0 unspecified atom stereocenters. The van der Waals surface area contributed by atoms with Gasteiger partial charge >= 0.3 is 0 Å². The van der Waals surface area contributed by atoms with Gasteiger partial charge in [0.05, 0.1) is 23.7 Å². The predicted octanol–water partition coefficient (Wildman–Crippen LogP) is 3.63. The van der Waals surface area contributed by atoms with Crippen LogP contribution in [0.25, 0.3) is 10.9 Å². The van der Waals surface area contributed by atoms with Gasteiger partial charge in [0.2, 0.25) is 0 Å². The minimum Gasteiger partial charge on any atom is -0.372 e. The van der Waals surface area contributed by atoms with Crippen molar-refractivity contribution < 1.29 is 4.74 Å². The Balaban J connectivity index is 1.47. The van der Waals surface area contributed by atoms with Crippen LogP contribution in [-0.2, 0) is 18.3 Å². The number of nitrogens with zero attached hydrogens (tertiary/aromatic N) is 3. The summed E-state index contributed by atoms with van der Waals surface area (Å²) in [7, 11) is 2.01. The van der Waals surface area contributed by atoms with E-state index < -0.39 is 0 Å². The zero-order valence-corrected chi connectivity index (χ0v) is 14.9. The van der Waals surface area contributed by atoms with Gasteiger partial charge in [-0.2, -0.15) is 0 Å². The van der Waals surface area contributed by atoms with E-state index in [4.69, 9.17) is 16.3 Å². The summed E-state index contributed by atoms with van der Waals surface area (Å²) in [5.74, 6) is 0. The Bertz CT molecular complexity index is 879. The molecule has 1 aromatic carbocycles. The molecule has 2 atom stereocenters. The summed E-state index contributed by atoms with van der Waals surface area (Å²) in [6.45, 7) is 1.50. The van der Waals surface area contributed by atoms with Crippen LogP contribution in [0.5, 0.6) is 0 Å². The van der Waals surface area contributed by atoms with E-state index in [0.29, 0.717) is 6.04 Å². The third-order valence-electron chi connectivity index (χ3n) is 4.80. The van der Waals surface area contributed by atoms with Gasteiger partial charge in [-0.3, -0.25) is 4.98 Å². The summed E-state index contributed by atoms with van der Waals surface area (Å²) >= 11 is 6.27. The smallest absolute Gasteiger partial charge is 0.100 e. The maximum atomic E-state index is 6.27. The van der Waals surface area contributed by atoms with E-state index in [9.17, 15) is 0 Å². The van der Waals surface area contributed by atoms with E-state index in [1.54, 1.807) is 0 Å². The second kappa shape index (κ2) is 7.12. The lowest BCUT2D eigenvalue weighted by atomic mass is 10.0. The molecule has 4 rings (SSSR count). The van der Waals surface area contributed by atoms with Crippen molar-refractivity contribution in [1.82, 2.24) is 19.9 Å². The monoisotopic (exact) mass is 356 g/mol. The highest BCUT2D eigenvalue weighted by atomic mass is 35.5. The number of benzene rings is 1. The number of aromatic nitrogens is 3. The Hall–Kier alpha value is -1.95. The molecule has 1 fully saturated rings. The van der Waals surface area contributed by atoms with E-state index in [-0.39, 0.29) is 6.10 Å². The zero-order chi connectivity index (χ0) is 17.2. The number of aryl methyl sites for hydroxylation is 1. The molecule has 130 valence electrons. The number of hydrogen-bond acceptors (Lipinski definition) is 4. The fraction of sp³-hybridized carbons (Fsp3) is 0.368. The van der Waals surface area contributed by atoms with Gasteiger partial charge in [-0.25, -0.2) is 4.98 Å². The lowest BCUT2D eigenvalue weighted by molar-refractivity contribution is -0.00402. The van der Waals surface area contributed by atoms with E-state index in [2.05, 4.69) is 15.3 Å². The van der Waals surface area contributed by atoms with Crippen LogP contribution in [0, 0.1) is 0 Å². The van der Waals surface area contributed by atoms with Crippen molar-refractivity contribution in [1.29, 1.82) is 0 Å². The Labute approximate surface area is 152 Å². The van der Waals surface area contributed by atoms with Crippen LogP contribution >= 0.6 is 11.6 Å². The Morgan fingerprint density at radius 3 is 3.16 bits per heavy atom. The highest BCUT2D eigenvalue weighted by molar-refractivity contribution is 6.31. The van der Waals surface area contributed by atoms with Crippen molar-refractivity contribution in [2.75, 3.05) is 6.61 Å². The topological polar surface area (TPSA) is 52.0 Å². The van der Waals surface area contributed by atoms with Gasteiger partial charge < -0.3 is 14.6 Å². The Kier molecular flexibility index (Phi) is 4.70. The number of fused-ring (bicyclic) bond motifs is 1. The molecular weight excluding hydrogens is 336 g/mol. The number of ether oxygens (including phenoxy) is 1. The van der Waals surface area contributed by atoms with Crippen LogP contribution in [0.2, 0.25) is 5.02 Å². The molecule has 1 aliphatic heterocycles. The lowest BCUT2D eigenvalue weighted by Gasteiger charge is -2.30. The van der Waals surface area contributed by atoms with Crippen LogP contribution < -0.4 is 5.32 Å². The van der Waals surface area contributed by atoms with Crippen LogP contribution in [0.15, 0.2) is 43.0 Å². The summed E-state index contributed by atoms with van der Waals surface area (Å²) in [6.07, 6.45) is 7.56. The Morgan fingerprint density at radius 1 is 1.40 bits per heavy atom. The SMILES string of the molecule is Cn1cncc1[C@H]1C[C@H](NCc2cc(Cl)cc3cccnc23)CCO1. The second-order valence-electron chi connectivity index (χ2n) is 6.53. The maximum absolute atomic E-state index is 6.27. The molecule has 1 N–H and O–H groups in total. The largest absolute Gasteiger partial charge is 0.372 e. The van der Waals surface area contributed by atoms with Crippen LogP contribution in [0.4, 0.5) is 0 Å². The predicted molar refractivity (Wildman–Crippen MR) is 98.5 cm³/mol. The normalized spacial score (nSPS) is 20.9. The highest BCUT2D eigenvalue weighted by Gasteiger charge is 2.25. The first-order chi connectivity index (χ1) is 12.2. The van der Waals surface area contributed by atoms with E-state index in [1.165, 1.54) is 0 Å². The lowest BCUT2D eigenvalue weighted by Crippen LogP contribution is -2.36. The first kappa shape index (κ1) is 16.5. The minimum atomic E-state index is 0.0907. The Morgan fingerprint density at radius 2 is 2.32 bits per heavy atom. The first-order valence-electron chi connectivity index (χ1n) is 8.55. The van der Waals surface area contributed by atoms with E-state index in [1.807, 2.05) is 54.6 Å². The van der Waals surface area contributed by atoms with E-state index >= 15 is 0 Å². The van der Waals surface area contributed by atoms with Crippen molar-refractivity contribution in [3.8, 4) is 0 Å². The fourth-order valence-corrected chi connectivity index (χ4v) is 3.73. The quantitative estimate of drug-likeness (QED) is 0.775. The zero-order valence-electron chi connectivity index (χ0n) is 14.2. The van der Waals surface area contributed by atoms with Gasteiger partial charge in [0, 0.05) is 42.8 Å². The molecule has 0 amide bonds. The average molecular weight is 357 g/mol. The molecule has 1 aliphatic rings. The van der Waals surface area contributed by atoms with Crippen molar-refractivity contribution in [2.24, 2.45) is 7.05 Å². The van der Waals surface area contributed by atoms with Crippen molar-refractivity contribution in [3.05, 3.63) is 59.3 Å². The second-order valence-corrected chi connectivity index (χ2v) is 6.97. The molecule has 25 heavy (non-hydrogen) atoms. The molecule has 6 heteroatoms. The van der Waals surface area contributed by atoms with E-state index in [0.717, 1.165) is 53.2 Å². The summed E-state index contributed by atoms with van der Waals surface area (Å²) in [6, 6.07) is 8.34. The number of rotatable bonds is 4. The number of halogens is 1. The molecule has 0 aliphatic carbocycles. The number of imidazole rings is 1.